The van der Waals surface area contributed by atoms with Gasteiger partial charge in [0.05, 0.1) is 17.6 Å². The Balaban J connectivity index is 2.63. The fourth-order valence-corrected chi connectivity index (χ4v) is 7.39. The summed E-state index contributed by atoms with van der Waals surface area (Å²) in [5.41, 5.74) is -3.36. The minimum Gasteiger partial charge on any atom is -0.458 e. The highest BCUT2D eigenvalue weighted by Gasteiger charge is 2.72. The number of allylic oxidation sites excluding steroid dienone is 1. The summed E-state index contributed by atoms with van der Waals surface area (Å²) in [5, 5.41) is 12.7. The maximum Gasteiger partial charge on any atom is 0.338 e. The predicted molar refractivity (Wildman–Crippen MR) is 188 cm³/mol. The zero-order chi connectivity index (χ0) is 40.9. The Labute approximate surface area is 314 Å². The fourth-order valence-electron chi connectivity index (χ4n) is 7.39. The molecule has 3 rings (SSSR count). The lowest BCUT2D eigenvalue weighted by molar-refractivity contribution is -0.220. The molecule has 1 N–H and O–H groups in total. The SMILES string of the molecule is CC(=O)O/C1=C(\C)[C@@H](O)[C@H]2[C@@H](OC(=O)c3ccccc3)[C@@H](C)[C@H](OC(C)=O)[C@]2(OC(C)=O)[C@H](OC(C)=O)/C(C)=C/CC(C)(C)C(OC(C)=O)[C@H]1OC(C)=O. The van der Waals surface area contributed by atoms with Gasteiger partial charge in [0.15, 0.2) is 35.8 Å². The number of carbonyl (C=O) groups excluding carboxylic acids is 7. The van der Waals surface area contributed by atoms with Crippen molar-refractivity contribution in [2.24, 2.45) is 17.3 Å². The largest absolute Gasteiger partial charge is 0.458 e. The second-order valence-corrected chi connectivity index (χ2v) is 14.4. The standard InChI is InChI=1S/C39H50O15/c1-19-17-18-38(10,11)36(52-26(8)44)33(49-23(5)41)32(48-22(4)40)20(2)30(46)29-31(53-37(47)28-15-13-12-14-16-28)21(3)35(51-25(7)43)39(29,54-27(9)45)34(19)50-24(6)42/h12-17,21,29-31,33-36,46H,18H2,1-11H3/b19-17+,32-20+/t21-,29+,30-,31+,33+,34-,35+,36?,39-/m1/s1. The van der Waals surface area contributed by atoms with Crippen LogP contribution in [-0.2, 0) is 61.9 Å². The Hall–Kier alpha value is -5.05. The molecule has 2 aliphatic carbocycles. The highest BCUT2D eigenvalue weighted by molar-refractivity contribution is 5.89. The van der Waals surface area contributed by atoms with Gasteiger partial charge in [-0.05, 0) is 43.5 Å². The summed E-state index contributed by atoms with van der Waals surface area (Å²) < 4.78 is 41.3. The maximum atomic E-state index is 13.8. The molecule has 0 spiro atoms. The summed E-state index contributed by atoms with van der Waals surface area (Å²) >= 11 is 0. The van der Waals surface area contributed by atoms with Crippen molar-refractivity contribution in [1.82, 2.24) is 0 Å². The van der Waals surface area contributed by atoms with Crippen molar-refractivity contribution >= 4 is 41.8 Å². The van der Waals surface area contributed by atoms with Crippen molar-refractivity contribution in [3.8, 4) is 0 Å². The van der Waals surface area contributed by atoms with E-state index in [1.807, 2.05) is 0 Å². The summed E-state index contributed by atoms with van der Waals surface area (Å²) in [7, 11) is 0. The average Bonchev–Trinajstić information content (AvgIpc) is 3.27. The van der Waals surface area contributed by atoms with Crippen LogP contribution in [0.3, 0.4) is 0 Å². The maximum absolute atomic E-state index is 13.8. The number of hydrogen-bond donors (Lipinski definition) is 1. The van der Waals surface area contributed by atoms with Gasteiger partial charge in [0.25, 0.3) is 0 Å². The first-order valence-corrected chi connectivity index (χ1v) is 17.4. The third kappa shape index (κ3) is 9.54. The second-order valence-electron chi connectivity index (χ2n) is 14.4. The molecule has 0 bridgehead atoms. The molecule has 9 atom stereocenters. The van der Waals surface area contributed by atoms with Gasteiger partial charge in [-0.15, -0.1) is 0 Å². The predicted octanol–water partition coefficient (Wildman–Crippen LogP) is 4.08. The molecule has 0 heterocycles. The van der Waals surface area contributed by atoms with Crippen molar-refractivity contribution in [2.45, 2.75) is 125 Å². The summed E-state index contributed by atoms with van der Waals surface area (Å²) in [4.78, 5) is 90.9. The van der Waals surface area contributed by atoms with Crippen LogP contribution in [0.1, 0.15) is 92.9 Å². The number of aliphatic hydroxyl groups excluding tert-OH is 1. The Morgan fingerprint density at radius 3 is 1.74 bits per heavy atom. The number of hydrogen-bond acceptors (Lipinski definition) is 15. The molecule has 296 valence electrons. The minimum atomic E-state index is -2.33. The summed E-state index contributed by atoms with van der Waals surface area (Å²) in [5.74, 6) is -9.22. The van der Waals surface area contributed by atoms with Gasteiger partial charge in [0.2, 0.25) is 0 Å². The van der Waals surface area contributed by atoms with E-state index in [1.54, 1.807) is 45.0 Å². The van der Waals surface area contributed by atoms with E-state index in [1.165, 1.54) is 26.0 Å². The number of ether oxygens (including phenoxy) is 7. The first-order chi connectivity index (χ1) is 25.0. The van der Waals surface area contributed by atoms with E-state index in [0.29, 0.717) is 0 Å². The molecule has 0 saturated heterocycles. The van der Waals surface area contributed by atoms with Crippen LogP contribution in [0.15, 0.2) is 53.3 Å². The van der Waals surface area contributed by atoms with Gasteiger partial charge >= 0.3 is 41.8 Å². The first-order valence-electron chi connectivity index (χ1n) is 17.4. The smallest absolute Gasteiger partial charge is 0.338 e. The van der Waals surface area contributed by atoms with Gasteiger partial charge < -0.3 is 38.3 Å². The summed E-state index contributed by atoms with van der Waals surface area (Å²) in [6.07, 6.45) is -8.01. The molecule has 2 aliphatic rings. The fraction of sp³-hybridized carbons (Fsp3) is 0.564. The van der Waals surface area contributed by atoms with Crippen LogP contribution >= 0.6 is 0 Å². The molecule has 0 radical (unpaired) electrons. The minimum absolute atomic E-state index is 0.00227. The van der Waals surface area contributed by atoms with Crippen LogP contribution < -0.4 is 0 Å². The van der Waals surface area contributed by atoms with Gasteiger partial charge in [-0.1, -0.05) is 45.0 Å². The van der Waals surface area contributed by atoms with Crippen LogP contribution in [0.25, 0.3) is 0 Å². The third-order valence-electron chi connectivity index (χ3n) is 9.55. The van der Waals surface area contributed by atoms with Crippen LogP contribution in [0.5, 0.6) is 0 Å². The highest BCUT2D eigenvalue weighted by atomic mass is 16.6. The molecule has 0 amide bonds. The number of carbonyl (C=O) groups is 7. The summed E-state index contributed by atoms with van der Waals surface area (Å²) in [6.45, 7) is 14.3. The Kier molecular flexibility index (Phi) is 14.0. The molecule has 1 saturated carbocycles. The molecular formula is C39H50O15. The number of benzene rings is 1. The zero-order valence-corrected chi connectivity index (χ0v) is 32.5. The zero-order valence-electron chi connectivity index (χ0n) is 32.5. The van der Waals surface area contributed by atoms with E-state index < -0.39 is 107 Å². The van der Waals surface area contributed by atoms with E-state index in [2.05, 4.69) is 0 Å². The molecule has 0 aromatic heterocycles. The van der Waals surface area contributed by atoms with Crippen molar-refractivity contribution in [2.75, 3.05) is 0 Å². The van der Waals surface area contributed by atoms with Gasteiger partial charge in [0.1, 0.15) is 6.10 Å². The Morgan fingerprint density at radius 2 is 1.24 bits per heavy atom. The average molecular weight is 759 g/mol. The molecule has 1 unspecified atom stereocenters. The first kappa shape index (κ1) is 43.4. The normalized spacial score (nSPS) is 31.7. The second kappa shape index (κ2) is 17.4. The summed E-state index contributed by atoms with van der Waals surface area (Å²) in [6, 6.07) is 7.86. The molecule has 1 fully saturated rings. The van der Waals surface area contributed by atoms with E-state index in [0.717, 1.165) is 41.5 Å². The van der Waals surface area contributed by atoms with Crippen molar-refractivity contribution in [3.63, 3.8) is 0 Å². The van der Waals surface area contributed by atoms with Crippen LogP contribution in [0, 0.1) is 17.3 Å². The van der Waals surface area contributed by atoms with Crippen LogP contribution in [0.2, 0.25) is 0 Å². The van der Waals surface area contributed by atoms with Gasteiger partial charge in [0, 0.05) is 52.9 Å². The molecule has 1 aromatic rings. The van der Waals surface area contributed by atoms with Crippen molar-refractivity contribution < 1.29 is 71.8 Å². The van der Waals surface area contributed by atoms with Gasteiger partial charge in [-0.25, -0.2) is 4.79 Å². The number of rotatable bonds is 8. The number of aliphatic hydroxyl groups is 1. The molecule has 15 heteroatoms. The van der Waals surface area contributed by atoms with E-state index >= 15 is 0 Å². The number of esters is 7. The molecule has 15 nitrogen and oxygen atoms in total. The number of fused-ring (bicyclic) bond motifs is 1. The van der Waals surface area contributed by atoms with Crippen molar-refractivity contribution in [1.29, 1.82) is 0 Å². The van der Waals surface area contributed by atoms with Gasteiger partial charge in [-0.2, -0.15) is 0 Å². The lowest BCUT2D eigenvalue weighted by atomic mass is 9.72. The van der Waals surface area contributed by atoms with Gasteiger partial charge in [-0.3, -0.25) is 28.8 Å². The Morgan fingerprint density at radius 1 is 0.704 bits per heavy atom. The highest BCUT2D eigenvalue weighted by Crippen LogP contribution is 2.54. The lowest BCUT2D eigenvalue weighted by Gasteiger charge is -2.46. The lowest BCUT2D eigenvalue weighted by Crippen LogP contribution is -2.63. The molecule has 0 aliphatic heterocycles. The topological polar surface area (TPSA) is 204 Å². The monoisotopic (exact) mass is 758 g/mol. The van der Waals surface area contributed by atoms with E-state index in [-0.39, 0.29) is 23.1 Å². The van der Waals surface area contributed by atoms with E-state index in [9.17, 15) is 38.7 Å². The quantitative estimate of drug-likeness (QED) is 0.225. The molecule has 1 aromatic carbocycles. The molecular weight excluding hydrogens is 708 g/mol. The van der Waals surface area contributed by atoms with Crippen LogP contribution in [-0.4, -0.2) is 89.1 Å². The van der Waals surface area contributed by atoms with Crippen molar-refractivity contribution in [3.05, 3.63) is 58.9 Å². The van der Waals surface area contributed by atoms with E-state index in [4.69, 9.17) is 33.2 Å². The molecule has 54 heavy (non-hydrogen) atoms. The van der Waals surface area contributed by atoms with Crippen LogP contribution in [0.4, 0.5) is 0 Å². The Bertz CT molecular complexity index is 1690. The third-order valence-corrected chi connectivity index (χ3v) is 9.55.